The number of hydrogen-bond donors (Lipinski definition) is 5. The molecule has 25 heavy (non-hydrogen) atoms. The van der Waals surface area contributed by atoms with E-state index in [0.717, 1.165) is 19.4 Å². The molecular weight excluding hydrogens is 328 g/mol. The summed E-state index contributed by atoms with van der Waals surface area (Å²) < 4.78 is 0. The highest BCUT2D eigenvalue weighted by molar-refractivity contribution is 5.92. The van der Waals surface area contributed by atoms with E-state index in [1.165, 1.54) is 0 Å². The Bertz CT molecular complexity index is 479. The van der Waals surface area contributed by atoms with Crippen molar-refractivity contribution in [2.45, 2.75) is 51.2 Å². The Morgan fingerprint density at radius 2 is 2.04 bits per heavy atom. The number of carbonyl (C=O) groups is 4. The zero-order valence-corrected chi connectivity index (χ0v) is 14.7. The molecule has 142 valence electrons. The number of carbonyl (C=O) groups excluding carboxylic acids is 4. The van der Waals surface area contributed by atoms with Crippen molar-refractivity contribution in [2.75, 3.05) is 19.7 Å². The quantitative estimate of drug-likeness (QED) is 0.289. The van der Waals surface area contributed by atoms with E-state index in [0.29, 0.717) is 12.7 Å². The van der Waals surface area contributed by atoms with Crippen molar-refractivity contribution in [3.8, 4) is 0 Å². The van der Waals surface area contributed by atoms with Crippen LogP contribution in [0.4, 0.5) is 0 Å². The van der Waals surface area contributed by atoms with Crippen LogP contribution in [0.3, 0.4) is 0 Å². The van der Waals surface area contributed by atoms with Crippen LogP contribution in [0.25, 0.3) is 0 Å². The number of nitrogens with one attached hydrogen (secondary N) is 4. The van der Waals surface area contributed by atoms with E-state index in [1.54, 1.807) is 0 Å². The molecule has 5 N–H and O–H groups in total. The normalized spacial score (nSPS) is 20.2. The van der Waals surface area contributed by atoms with Gasteiger partial charge in [-0.3, -0.25) is 14.4 Å². The number of aliphatic hydroxyl groups is 1. The Balaban J connectivity index is 2.56. The highest BCUT2D eigenvalue weighted by Gasteiger charge is 2.30. The van der Waals surface area contributed by atoms with Gasteiger partial charge in [0.05, 0.1) is 19.2 Å². The van der Waals surface area contributed by atoms with Crippen molar-refractivity contribution in [2.24, 2.45) is 5.92 Å². The topological polar surface area (TPSA) is 137 Å². The van der Waals surface area contributed by atoms with Crippen LogP contribution in [0.1, 0.15) is 33.1 Å². The van der Waals surface area contributed by atoms with Gasteiger partial charge in [0.1, 0.15) is 18.4 Å². The summed E-state index contributed by atoms with van der Waals surface area (Å²) in [5.74, 6) is -1.37. The van der Waals surface area contributed by atoms with Crippen molar-refractivity contribution < 1.29 is 24.3 Å². The van der Waals surface area contributed by atoms with Crippen LogP contribution in [0, 0.1) is 5.92 Å². The third kappa shape index (κ3) is 6.79. The predicted molar refractivity (Wildman–Crippen MR) is 90.5 cm³/mol. The minimum Gasteiger partial charge on any atom is -0.394 e. The molecule has 0 aromatic heterocycles. The second kappa shape index (κ2) is 10.8. The molecule has 3 amide bonds. The average Bonchev–Trinajstić information content (AvgIpc) is 3.16. The summed E-state index contributed by atoms with van der Waals surface area (Å²) in [4.78, 5) is 46.9. The monoisotopic (exact) mass is 356 g/mol. The Morgan fingerprint density at radius 1 is 1.32 bits per heavy atom. The molecule has 1 fully saturated rings. The first kappa shape index (κ1) is 21.0. The molecule has 1 rings (SSSR count). The third-order valence-corrected chi connectivity index (χ3v) is 4.30. The minimum absolute atomic E-state index is 0.103. The SMILES string of the molecule is CC[C@H](C)[C@H](NC(=O)[C@@H]1CCCN1)C(=O)NCC(=O)N[C@H](C=O)CO. The van der Waals surface area contributed by atoms with E-state index in [4.69, 9.17) is 5.11 Å². The lowest BCUT2D eigenvalue weighted by atomic mass is 9.97. The molecule has 0 spiro atoms. The van der Waals surface area contributed by atoms with Crippen LogP contribution in [0.5, 0.6) is 0 Å². The van der Waals surface area contributed by atoms with Crippen molar-refractivity contribution >= 4 is 24.0 Å². The maximum absolute atomic E-state index is 12.4. The Hall–Kier alpha value is -2.00. The average molecular weight is 356 g/mol. The molecule has 0 aromatic rings. The molecule has 1 aliphatic rings. The molecule has 9 nitrogen and oxygen atoms in total. The fraction of sp³-hybridized carbons (Fsp3) is 0.750. The largest absolute Gasteiger partial charge is 0.394 e. The first-order chi connectivity index (χ1) is 11.9. The Kier molecular flexibility index (Phi) is 9.07. The molecule has 1 aliphatic heterocycles. The summed E-state index contributed by atoms with van der Waals surface area (Å²) in [6.45, 7) is 3.69. The fourth-order valence-electron chi connectivity index (χ4n) is 2.52. The number of amides is 3. The lowest BCUT2D eigenvalue weighted by Gasteiger charge is -2.25. The van der Waals surface area contributed by atoms with E-state index in [2.05, 4.69) is 21.3 Å². The summed E-state index contributed by atoms with van der Waals surface area (Å²) in [5, 5.41) is 19.4. The molecule has 1 saturated heterocycles. The van der Waals surface area contributed by atoms with Gasteiger partial charge < -0.3 is 31.2 Å². The number of rotatable bonds is 10. The van der Waals surface area contributed by atoms with Gasteiger partial charge >= 0.3 is 0 Å². The zero-order chi connectivity index (χ0) is 18.8. The van der Waals surface area contributed by atoms with E-state index in [1.807, 2.05) is 13.8 Å². The first-order valence-corrected chi connectivity index (χ1v) is 8.59. The van der Waals surface area contributed by atoms with Crippen molar-refractivity contribution in [3.63, 3.8) is 0 Å². The smallest absolute Gasteiger partial charge is 0.243 e. The molecule has 0 unspecified atom stereocenters. The van der Waals surface area contributed by atoms with Crippen molar-refractivity contribution in [3.05, 3.63) is 0 Å². The maximum atomic E-state index is 12.4. The van der Waals surface area contributed by atoms with Gasteiger partial charge in [0.25, 0.3) is 0 Å². The molecule has 0 aliphatic carbocycles. The van der Waals surface area contributed by atoms with Crippen molar-refractivity contribution in [1.82, 2.24) is 21.3 Å². The van der Waals surface area contributed by atoms with Gasteiger partial charge in [-0.05, 0) is 25.3 Å². The predicted octanol–water partition coefficient (Wildman–Crippen LogP) is -1.94. The summed E-state index contributed by atoms with van der Waals surface area (Å²) in [6.07, 6.45) is 2.75. The summed E-state index contributed by atoms with van der Waals surface area (Å²) in [5.41, 5.74) is 0. The molecule has 0 aromatic carbocycles. The lowest BCUT2D eigenvalue weighted by molar-refractivity contribution is -0.132. The summed E-state index contributed by atoms with van der Waals surface area (Å²) >= 11 is 0. The van der Waals surface area contributed by atoms with Gasteiger partial charge in [-0.15, -0.1) is 0 Å². The van der Waals surface area contributed by atoms with Crippen LogP contribution in [0.2, 0.25) is 0 Å². The molecule has 0 saturated carbocycles. The third-order valence-electron chi connectivity index (χ3n) is 4.30. The Labute approximate surface area is 147 Å². The van der Waals surface area contributed by atoms with Gasteiger partial charge in [-0.25, -0.2) is 0 Å². The van der Waals surface area contributed by atoms with E-state index in [9.17, 15) is 19.2 Å². The maximum Gasteiger partial charge on any atom is 0.243 e. The van der Waals surface area contributed by atoms with Crippen LogP contribution in [-0.4, -0.2) is 66.9 Å². The van der Waals surface area contributed by atoms with Crippen LogP contribution in [0.15, 0.2) is 0 Å². The summed E-state index contributed by atoms with van der Waals surface area (Å²) in [6, 6.07) is -2.03. The second-order valence-corrected chi connectivity index (χ2v) is 6.23. The zero-order valence-electron chi connectivity index (χ0n) is 14.7. The standard InChI is InChI=1S/C16H28N4O5/c1-3-10(2)14(20-15(24)12-5-4-6-17-12)16(25)18-7-13(23)19-11(8-21)9-22/h8,10-12,14,17,22H,3-7,9H2,1-2H3,(H,18,25)(H,19,23)(H,20,24)/t10-,11+,12-,14-/m0/s1. The Morgan fingerprint density at radius 3 is 2.56 bits per heavy atom. The molecule has 4 atom stereocenters. The molecule has 0 radical (unpaired) electrons. The first-order valence-electron chi connectivity index (χ1n) is 8.59. The van der Waals surface area contributed by atoms with E-state index >= 15 is 0 Å². The number of aliphatic hydroxyl groups excluding tert-OH is 1. The summed E-state index contributed by atoms with van der Waals surface area (Å²) in [7, 11) is 0. The van der Waals surface area contributed by atoms with Gasteiger partial charge in [-0.2, -0.15) is 0 Å². The van der Waals surface area contributed by atoms with E-state index < -0.39 is 30.5 Å². The second-order valence-electron chi connectivity index (χ2n) is 6.23. The molecular formula is C16H28N4O5. The molecule has 0 bridgehead atoms. The van der Waals surface area contributed by atoms with Crippen LogP contribution in [-0.2, 0) is 19.2 Å². The minimum atomic E-state index is -0.997. The number of aldehydes is 1. The van der Waals surface area contributed by atoms with Gasteiger partial charge in [0.2, 0.25) is 17.7 Å². The molecule has 9 heteroatoms. The van der Waals surface area contributed by atoms with Crippen molar-refractivity contribution in [1.29, 1.82) is 0 Å². The van der Waals surface area contributed by atoms with Crippen LogP contribution >= 0.6 is 0 Å². The van der Waals surface area contributed by atoms with Gasteiger partial charge in [-0.1, -0.05) is 20.3 Å². The molecule has 1 heterocycles. The number of hydrogen-bond acceptors (Lipinski definition) is 6. The van der Waals surface area contributed by atoms with Crippen LogP contribution < -0.4 is 21.3 Å². The highest BCUT2D eigenvalue weighted by Crippen LogP contribution is 2.10. The fourth-order valence-corrected chi connectivity index (χ4v) is 2.52. The van der Waals surface area contributed by atoms with Gasteiger partial charge in [0.15, 0.2) is 0 Å². The highest BCUT2D eigenvalue weighted by atomic mass is 16.3. The lowest BCUT2D eigenvalue weighted by Crippen LogP contribution is -2.55. The van der Waals surface area contributed by atoms with E-state index in [-0.39, 0.29) is 24.4 Å². The van der Waals surface area contributed by atoms with Gasteiger partial charge in [0, 0.05) is 0 Å².